The Morgan fingerprint density at radius 1 is 1.44 bits per heavy atom. The maximum atomic E-state index is 11.0. The number of thioether (sulfide) groups is 1. The number of carboxylic acid groups (broad SMARTS) is 1. The lowest BCUT2D eigenvalue weighted by Gasteiger charge is -2.33. The van der Waals surface area contributed by atoms with Crippen LogP contribution in [-0.4, -0.2) is 35.2 Å². The molecule has 1 rings (SSSR count). The largest absolute Gasteiger partial charge is 0.481 e. The lowest BCUT2D eigenvalue weighted by Crippen LogP contribution is -2.46. The summed E-state index contributed by atoms with van der Waals surface area (Å²) in [6.45, 7) is 4.11. The topological polar surface area (TPSA) is 49.3 Å². The fraction of sp³-hybridized carbons (Fsp3) is 0.917. The first-order valence-electron chi connectivity index (χ1n) is 5.97. The predicted octanol–water partition coefficient (Wildman–Crippen LogP) is 2.36. The molecule has 1 aliphatic rings. The Bertz CT molecular complexity index is 243. The van der Waals surface area contributed by atoms with Gasteiger partial charge in [-0.05, 0) is 32.9 Å². The first-order chi connectivity index (χ1) is 7.47. The number of hydrogen-bond acceptors (Lipinski definition) is 3. The molecule has 0 saturated heterocycles. The third kappa shape index (κ3) is 3.67. The van der Waals surface area contributed by atoms with Crippen LogP contribution in [0.1, 0.15) is 39.5 Å². The molecule has 0 spiro atoms. The Morgan fingerprint density at radius 3 is 2.62 bits per heavy atom. The highest BCUT2D eigenvalue weighted by Crippen LogP contribution is 2.27. The van der Waals surface area contributed by atoms with Crippen molar-refractivity contribution >= 4 is 17.7 Å². The van der Waals surface area contributed by atoms with Crippen molar-refractivity contribution in [1.29, 1.82) is 0 Å². The highest BCUT2D eigenvalue weighted by atomic mass is 32.2. The molecule has 0 aromatic carbocycles. The fourth-order valence-corrected chi connectivity index (χ4v) is 3.04. The van der Waals surface area contributed by atoms with E-state index < -0.39 is 11.4 Å². The van der Waals surface area contributed by atoms with Gasteiger partial charge in [0.1, 0.15) is 0 Å². The lowest BCUT2D eigenvalue weighted by molar-refractivity contribution is -0.146. The van der Waals surface area contributed by atoms with Gasteiger partial charge in [0, 0.05) is 17.8 Å². The quantitative estimate of drug-likeness (QED) is 0.780. The van der Waals surface area contributed by atoms with Crippen LogP contribution in [0.4, 0.5) is 0 Å². The molecule has 1 saturated carbocycles. The molecular formula is C12H23NO2S. The van der Waals surface area contributed by atoms with E-state index in [-0.39, 0.29) is 0 Å². The molecule has 0 radical (unpaired) electrons. The zero-order valence-electron chi connectivity index (χ0n) is 10.5. The predicted molar refractivity (Wildman–Crippen MR) is 69.0 cm³/mol. The van der Waals surface area contributed by atoms with E-state index in [1.54, 1.807) is 13.8 Å². The molecule has 2 unspecified atom stereocenters. The molecule has 0 amide bonds. The summed E-state index contributed by atoms with van der Waals surface area (Å²) in [4.78, 5) is 11.0. The minimum atomic E-state index is -0.725. The van der Waals surface area contributed by atoms with Crippen LogP contribution in [0.5, 0.6) is 0 Å². The second-order valence-corrected chi connectivity index (χ2v) is 6.31. The Morgan fingerprint density at radius 2 is 2.06 bits per heavy atom. The average Bonchev–Trinajstić information content (AvgIpc) is 2.26. The molecule has 0 aromatic rings. The molecule has 0 aromatic heterocycles. The van der Waals surface area contributed by atoms with E-state index in [0.29, 0.717) is 17.8 Å². The van der Waals surface area contributed by atoms with E-state index in [1.165, 1.54) is 25.7 Å². The third-order valence-electron chi connectivity index (χ3n) is 3.39. The maximum Gasteiger partial charge on any atom is 0.310 e. The van der Waals surface area contributed by atoms with Crippen molar-refractivity contribution in [3.8, 4) is 0 Å². The average molecular weight is 245 g/mol. The summed E-state index contributed by atoms with van der Waals surface area (Å²) in [6.07, 6.45) is 7.16. The van der Waals surface area contributed by atoms with Crippen molar-refractivity contribution < 1.29 is 9.90 Å². The molecule has 3 nitrogen and oxygen atoms in total. The zero-order valence-corrected chi connectivity index (χ0v) is 11.3. The summed E-state index contributed by atoms with van der Waals surface area (Å²) < 4.78 is 0. The summed E-state index contributed by atoms with van der Waals surface area (Å²) in [6, 6.07) is 0.488. The molecule has 16 heavy (non-hydrogen) atoms. The lowest BCUT2D eigenvalue weighted by atomic mass is 9.90. The second-order valence-electron chi connectivity index (χ2n) is 5.24. The van der Waals surface area contributed by atoms with Crippen molar-refractivity contribution in [1.82, 2.24) is 5.32 Å². The van der Waals surface area contributed by atoms with Crippen LogP contribution >= 0.6 is 11.8 Å². The van der Waals surface area contributed by atoms with Crippen molar-refractivity contribution in [2.45, 2.75) is 50.8 Å². The third-order valence-corrected chi connectivity index (χ3v) is 4.56. The molecule has 0 heterocycles. The van der Waals surface area contributed by atoms with Crippen LogP contribution in [0, 0.1) is 5.41 Å². The smallest absolute Gasteiger partial charge is 0.310 e. The number of aliphatic carboxylic acids is 1. The highest BCUT2D eigenvalue weighted by molar-refractivity contribution is 7.99. The molecule has 0 aliphatic heterocycles. The Labute approximate surface area is 102 Å². The molecule has 1 fully saturated rings. The van der Waals surface area contributed by atoms with Gasteiger partial charge >= 0.3 is 5.97 Å². The van der Waals surface area contributed by atoms with Gasteiger partial charge in [0.15, 0.2) is 0 Å². The number of carboxylic acids is 1. The summed E-state index contributed by atoms with van der Waals surface area (Å²) in [7, 11) is 0. The van der Waals surface area contributed by atoms with Crippen LogP contribution in [0.25, 0.3) is 0 Å². The summed E-state index contributed by atoms with van der Waals surface area (Å²) in [5.41, 5.74) is -0.666. The summed E-state index contributed by atoms with van der Waals surface area (Å²) in [5, 5.41) is 13.1. The van der Waals surface area contributed by atoms with Gasteiger partial charge in [-0.15, -0.1) is 0 Å². The van der Waals surface area contributed by atoms with Gasteiger partial charge in [-0.25, -0.2) is 0 Å². The first-order valence-corrected chi connectivity index (χ1v) is 7.26. The SMILES string of the molecule is CSC1CCCCC1NCC(C)(C)C(=O)O. The number of hydrogen-bond donors (Lipinski definition) is 2. The molecule has 1 aliphatic carbocycles. The van der Waals surface area contributed by atoms with E-state index in [2.05, 4.69) is 11.6 Å². The minimum Gasteiger partial charge on any atom is -0.481 e. The Hall–Kier alpha value is -0.220. The summed E-state index contributed by atoms with van der Waals surface area (Å²) in [5.74, 6) is -0.725. The number of nitrogens with one attached hydrogen (secondary N) is 1. The number of carbonyl (C=O) groups is 1. The van der Waals surface area contributed by atoms with Crippen molar-refractivity contribution in [2.75, 3.05) is 12.8 Å². The van der Waals surface area contributed by atoms with Crippen LogP contribution in [0.3, 0.4) is 0 Å². The van der Waals surface area contributed by atoms with Crippen LogP contribution < -0.4 is 5.32 Å². The van der Waals surface area contributed by atoms with Crippen molar-refractivity contribution in [3.63, 3.8) is 0 Å². The molecule has 94 valence electrons. The highest BCUT2D eigenvalue weighted by Gasteiger charge is 2.30. The minimum absolute atomic E-state index is 0.488. The first kappa shape index (κ1) is 13.8. The zero-order chi connectivity index (χ0) is 12.2. The second kappa shape index (κ2) is 5.92. The van der Waals surface area contributed by atoms with Gasteiger partial charge < -0.3 is 10.4 Å². The van der Waals surface area contributed by atoms with Gasteiger partial charge in [-0.1, -0.05) is 12.8 Å². The van der Waals surface area contributed by atoms with E-state index in [1.807, 2.05) is 11.8 Å². The molecule has 2 atom stereocenters. The normalized spacial score (nSPS) is 26.7. The fourth-order valence-electron chi connectivity index (χ4n) is 2.07. The number of rotatable bonds is 5. The monoisotopic (exact) mass is 245 g/mol. The van der Waals surface area contributed by atoms with E-state index in [0.717, 1.165) is 0 Å². The van der Waals surface area contributed by atoms with Gasteiger partial charge in [0.2, 0.25) is 0 Å². The van der Waals surface area contributed by atoms with E-state index >= 15 is 0 Å². The van der Waals surface area contributed by atoms with Crippen LogP contribution in [0.2, 0.25) is 0 Å². The molecule has 0 bridgehead atoms. The van der Waals surface area contributed by atoms with Gasteiger partial charge in [0.25, 0.3) is 0 Å². The molecular weight excluding hydrogens is 222 g/mol. The summed E-state index contributed by atoms with van der Waals surface area (Å²) >= 11 is 1.90. The van der Waals surface area contributed by atoms with Crippen molar-refractivity contribution in [2.24, 2.45) is 5.41 Å². The molecule has 4 heteroatoms. The van der Waals surface area contributed by atoms with Gasteiger partial charge in [-0.2, -0.15) is 11.8 Å². The Kier molecular flexibility index (Phi) is 5.12. The van der Waals surface area contributed by atoms with E-state index in [4.69, 9.17) is 5.11 Å². The van der Waals surface area contributed by atoms with Gasteiger partial charge in [0.05, 0.1) is 5.41 Å². The van der Waals surface area contributed by atoms with E-state index in [9.17, 15) is 4.79 Å². The standard InChI is InChI=1S/C12H23NO2S/c1-12(2,11(14)15)8-13-9-6-4-5-7-10(9)16-3/h9-10,13H,4-8H2,1-3H3,(H,14,15). The van der Waals surface area contributed by atoms with Crippen molar-refractivity contribution in [3.05, 3.63) is 0 Å². The Balaban J connectivity index is 2.43. The maximum absolute atomic E-state index is 11.0. The van der Waals surface area contributed by atoms with Gasteiger partial charge in [-0.3, -0.25) is 4.79 Å². The van der Waals surface area contributed by atoms with Crippen LogP contribution in [-0.2, 0) is 4.79 Å². The van der Waals surface area contributed by atoms with Crippen LogP contribution in [0.15, 0.2) is 0 Å². The molecule has 2 N–H and O–H groups in total.